The standard InChI is InChI=1S/C15H11N3/c1-2-4-15-14(3-1)13(11-17-18-15)6-5-12-7-9-16-10-8-12/h1-11H/b6-5-. The van der Waals surface area contributed by atoms with E-state index in [0.717, 1.165) is 22.0 Å². The fraction of sp³-hybridized carbons (Fsp3) is 0. The number of benzene rings is 1. The van der Waals surface area contributed by atoms with E-state index in [1.165, 1.54) is 0 Å². The van der Waals surface area contributed by atoms with E-state index in [9.17, 15) is 0 Å². The van der Waals surface area contributed by atoms with Crippen LogP contribution in [-0.4, -0.2) is 15.2 Å². The highest BCUT2D eigenvalue weighted by atomic mass is 15.1. The monoisotopic (exact) mass is 233 g/mol. The van der Waals surface area contributed by atoms with Crippen LogP contribution in [0.3, 0.4) is 0 Å². The molecular weight excluding hydrogens is 222 g/mol. The zero-order chi connectivity index (χ0) is 12.2. The van der Waals surface area contributed by atoms with Gasteiger partial charge in [0.05, 0.1) is 11.7 Å². The van der Waals surface area contributed by atoms with Crippen molar-refractivity contribution in [3.8, 4) is 0 Å². The lowest BCUT2D eigenvalue weighted by Crippen LogP contribution is -1.86. The first-order chi connectivity index (χ1) is 8.93. The molecule has 18 heavy (non-hydrogen) atoms. The minimum atomic E-state index is 0.911. The lowest BCUT2D eigenvalue weighted by Gasteiger charge is -1.99. The van der Waals surface area contributed by atoms with Gasteiger partial charge in [-0.2, -0.15) is 10.2 Å². The van der Waals surface area contributed by atoms with Gasteiger partial charge in [-0.05, 0) is 23.8 Å². The maximum absolute atomic E-state index is 4.10. The molecule has 3 aromatic rings. The molecule has 0 radical (unpaired) electrons. The van der Waals surface area contributed by atoms with Gasteiger partial charge in [0, 0.05) is 23.3 Å². The Balaban J connectivity index is 2.03. The van der Waals surface area contributed by atoms with Crippen molar-refractivity contribution < 1.29 is 0 Å². The molecule has 3 rings (SSSR count). The molecule has 0 aliphatic rings. The molecule has 0 saturated heterocycles. The van der Waals surface area contributed by atoms with Crippen LogP contribution in [0, 0.1) is 0 Å². The first-order valence-electron chi connectivity index (χ1n) is 5.72. The van der Waals surface area contributed by atoms with Crippen molar-refractivity contribution in [2.45, 2.75) is 0 Å². The van der Waals surface area contributed by atoms with Crippen LogP contribution in [0.5, 0.6) is 0 Å². The summed E-state index contributed by atoms with van der Waals surface area (Å²) in [4.78, 5) is 3.99. The van der Waals surface area contributed by atoms with Gasteiger partial charge in [-0.25, -0.2) is 0 Å². The van der Waals surface area contributed by atoms with Gasteiger partial charge < -0.3 is 0 Å². The summed E-state index contributed by atoms with van der Waals surface area (Å²) in [5.74, 6) is 0. The van der Waals surface area contributed by atoms with E-state index < -0.39 is 0 Å². The predicted octanol–water partition coefficient (Wildman–Crippen LogP) is 3.20. The lowest BCUT2D eigenvalue weighted by atomic mass is 10.1. The van der Waals surface area contributed by atoms with Crippen LogP contribution in [0.25, 0.3) is 23.1 Å². The molecule has 0 unspecified atom stereocenters. The minimum Gasteiger partial charge on any atom is -0.265 e. The summed E-state index contributed by atoms with van der Waals surface area (Å²) in [7, 11) is 0. The van der Waals surface area contributed by atoms with Crippen molar-refractivity contribution >= 4 is 23.1 Å². The van der Waals surface area contributed by atoms with E-state index in [0.29, 0.717) is 0 Å². The average Bonchev–Trinajstić information content (AvgIpc) is 2.46. The molecule has 0 bridgehead atoms. The molecule has 0 aliphatic carbocycles. The Kier molecular flexibility index (Phi) is 2.80. The molecule has 0 saturated carbocycles. The van der Waals surface area contributed by atoms with E-state index in [2.05, 4.69) is 21.2 Å². The summed E-state index contributed by atoms with van der Waals surface area (Å²) in [5.41, 5.74) is 3.10. The van der Waals surface area contributed by atoms with E-state index in [1.807, 2.05) is 42.5 Å². The average molecular weight is 233 g/mol. The Morgan fingerprint density at radius 1 is 0.889 bits per heavy atom. The Hall–Kier alpha value is -2.55. The largest absolute Gasteiger partial charge is 0.265 e. The van der Waals surface area contributed by atoms with Gasteiger partial charge in [0.2, 0.25) is 0 Å². The van der Waals surface area contributed by atoms with Crippen LogP contribution in [0.15, 0.2) is 55.0 Å². The van der Waals surface area contributed by atoms with Crippen LogP contribution in [-0.2, 0) is 0 Å². The van der Waals surface area contributed by atoms with Crippen molar-refractivity contribution in [3.05, 3.63) is 66.1 Å². The van der Waals surface area contributed by atoms with E-state index in [4.69, 9.17) is 0 Å². The molecule has 0 spiro atoms. The molecule has 3 heteroatoms. The van der Waals surface area contributed by atoms with Crippen molar-refractivity contribution in [1.29, 1.82) is 0 Å². The van der Waals surface area contributed by atoms with Gasteiger partial charge >= 0.3 is 0 Å². The zero-order valence-electron chi connectivity index (χ0n) is 9.69. The first kappa shape index (κ1) is 10.6. The second-order valence-electron chi connectivity index (χ2n) is 3.93. The van der Waals surface area contributed by atoms with Crippen molar-refractivity contribution in [2.75, 3.05) is 0 Å². The van der Waals surface area contributed by atoms with Crippen LogP contribution in [0.1, 0.15) is 11.1 Å². The fourth-order valence-corrected chi connectivity index (χ4v) is 1.82. The van der Waals surface area contributed by atoms with Gasteiger partial charge in [0.1, 0.15) is 0 Å². The predicted molar refractivity (Wildman–Crippen MR) is 72.7 cm³/mol. The van der Waals surface area contributed by atoms with Crippen molar-refractivity contribution in [1.82, 2.24) is 15.2 Å². The Labute approximate surface area is 105 Å². The number of aromatic nitrogens is 3. The van der Waals surface area contributed by atoms with Gasteiger partial charge in [0.15, 0.2) is 0 Å². The van der Waals surface area contributed by atoms with Gasteiger partial charge in [-0.1, -0.05) is 30.4 Å². The number of nitrogens with zero attached hydrogens (tertiary/aromatic N) is 3. The number of rotatable bonds is 2. The smallest absolute Gasteiger partial charge is 0.0935 e. The molecule has 0 atom stereocenters. The molecule has 0 aliphatic heterocycles. The Bertz CT molecular complexity index is 685. The quantitative estimate of drug-likeness (QED) is 0.682. The molecule has 2 heterocycles. The van der Waals surface area contributed by atoms with Gasteiger partial charge in [-0.3, -0.25) is 4.98 Å². The minimum absolute atomic E-state index is 0.911. The lowest BCUT2D eigenvalue weighted by molar-refractivity contribution is 1.07. The third kappa shape index (κ3) is 2.11. The second-order valence-corrected chi connectivity index (χ2v) is 3.93. The maximum atomic E-state index is 4.10. The highest BCUT2D eigenvalue weighted by Gasteiger charge is 1.98. The zero-order valence-corrected chi connectivity index (χ0v) is 9.69. The SMILES string of the molecule is C(=C/c1cnnc2ccccc12)/c1ccncc1. The molecular formula is C15H11N3. The number of fused-ring (bicyclic) bond motifs is 1. The summed E-state index contributed by atoms with van der Waals surface area (Å²) in [6.07, 6.45) is 9.43. The Morgan fingerprint density at radius 3 is 2.61 bits per heavy atom. The second kappa shape index (κ2) is 4.75. The van der Waals surface area contributed by atoms with E-state index in [-0.39, 0.29) is 0 Å². The van der Waals surface area contributed by atoms with Gasteiger partial charge in [-0.15, -0.1) is 0 Å². The summed E-state index contributed by atoms with van der Waals surface area (Å²) in [6, 6.07) is 11.9. The summed E-state index contributed by atoms with van der Waals surface area (Å²) >= 11 is 0. The topological polar surface area (TPSA) is 38.7 Å². The normalized spacial score (nSPS) is 11.1. The summed E-state index contributed by atoms with van der Waals surface area (Å²) < 4.78 is 0. The van der Waals surface area contributed by atoms with E-state index >= 15 is 0 Å². The first-order valence-corrected chi connectivity index (χ1v) is 5.72. The third-order valence-electron chi connectivity index (χ3n) is 2.74. The third-order valence-corrected chi connectivity index (χ3v) is 2.74. The molecule has 0 amide bonds. The number of hydrogen-bond donors (Lipinski definition) is 0. The van der Waals surface area contributed by atoms with Gasteiger partial charge in [0.25, 0.3) is 0 Å². The van der Waals surface area contributed by atoms with Crippen LogP contribution >= 0.6 is 0 Å². The van der Waals surface area contributed by atoms with Crippen molar-refractivity contribution in [3.63, 3.8) is 0 Å². The van der Waals surface area contributed by atoms with Crippen LogP contribution in [0.2, 0.25) is 0 Å². The molecule has 0 N–H and O–H groups in total. The fourth-order valence-electron chi connectivity index (χ4n) is 1.82. The summed E-state index contributed by atoms with van der Waals surface area (Å²) in [5, 5.41) is 9.22. The van der Waals surface area contributed by atoms with E-state index in [1.54, 1.807) is 18.6 Å². The molecule has 86 valence electrons. The highest BCUT2D eigenvalue weighted by Crippen LogP contribution is 2.17. The summed E-state index contributed by atoms with van der Waals surface area (Å²) in [6.45, 7) is 0. The number of hydrogen-bond acceptors (Lipinski definition) is 3. The molecule has 3 nitrogen and oxygen atoms in total. The maximum Gasteiger partial charge on any atom is 0.0935 e. The van der Waals surface area contributed by atoms with Crippen molar-refractivity contribution in [2.24, 2.45) is 0 Å². The molecule has 0 fully saturated rings. The van der Waals surface area contributed by atoms with Crippen LogP contribution < -0.4 is 0 Å². The molecule has 1 aromatic carbocycles. The molecule has 2 aromatic heterocycles. The van der Waals surface area contributed by atoms with Crippen LogP contribution in [0.4, 0.5) is 0 Å². The highest BCUT2D eigenvalue weighted by molar-refractivity contribution is 5.89. The Morgan fingerprint density at radius 2 is 1.72 bits per heavy atom. The number of pyridine rings is 1.